The predicted molar refractivity (Wildman–Crippen MR) is 114 cm³/mol. The average molecular weight is 428 g/mol. The van der Waals surface area contributed by atoms with Crippen LogP contribution < -0.4 is 0 Å². The number of ether oxygens (including phenoxy) is 1. The van der Waals surface area contributed by atoms with E-state index in [4.69, 9.17) is 4.74 Å². The van der Waals surface area contributed by atoms with Crippen LogP contribution in [-0.4, -0.2) is 88.0 Å². The average Bonchev–Trinajstić information content (AvgIpc) is 3.57. The van der Waals surface area contributed by atoms with Crippen molar-refractivity contribution in [1.29, 1.82) is 0 Å². The highest BCUT2D eigenvalue weighted by molar-refractivity contribution is 5.78. The first-order valence-electron chi connectivity index (χ1n) is 11.8. The molecular weight excluding hydrogens is 394 g/mol. The molecule has 8 heteroatoms. The maximum atomic E-state index is 13.0. The molecule has 0 unspecified atom stereocenters. The number of aromatic nitrogens is 2. The van der Waals surface area contributed by atoms with Gasteiger partial charge in [-0.1, -0.05) is 0 Å². The molecule has 168 valence electrons. The van der Waals surface area contributed by atoms with Crippen molar-refractivity contribution in [3.8, 4) is 0 Å². The molecule has 4 saturated heterocycles. The van der Waals surface area contributed by atoms with E-state index in [9.17, 15) is 9.59 Å². The van der Waals surface area contributed by atoms with E-state index in [-0.39, 0.29) is 35.8 Å². The number of hydrogen-bond donors (Lipinski definition) is 0. The van der Waals surface area contributed by atoms with Gasteiger partial charge in [-0.25, -0.2) is 9.97 Å². The summed E-state index contributed by atoms with van der Waals surface area (Å²) in [6.45, 7) is 5.77. The molecule has 2 amide bonds. The largest absolute Gasteiger partial charge is 0.376 e. The lowest BCUT2D eigenvalue weighted by Crippen LogP contribution is -2.37. The maximum absolute atomic E-state index is 13.0. The zero-order valence-corrected chi connectivity index (χ0v) is 18.2. The Labute approximate surface area is 183 Å². The maximum Gasteiger partial charge on any atom is 0.225 e. The number of fused-ring (bicyclic) bond motifs is 1. The van der Waals surface area contributed by atoms with Crippen LogP contribution in [0.1, 0.15) is 44.1 Å². The molecule has 5 heterocycles. The van der Waals surface area contributed by atoms with Crippen LogP contribution in [0, 0.1) is 11.8 Å². The number of rotatable bonds is 6. The summed E-state index contributed by atoms with van der Waals surface area (Å²) in [6, 6.07) is 0.243. The fraction of sp³-hybridized carbons (Fsp3) is 0.739. The van der Waals surface area contributed by atoms with E-state index >= 15 is 0 Å². The number of likely N-dealkylation sites (tertiary alicyclic amines) is 3. The van der Waals surface area contributed by atoms with Gasteiger partial charge in [-0.3, -0.25) is 14.5 Å². The van der Waals surface area contributed by atoms with E-state index in [1.54, 1.807) is 6.33 Å². The number of carbonyl (C=O) groups is 2. The Kier molecular flexibility index (Phi) is 6.18. The van der Waals surface area contributed by atoms with Gasteiger partial charge in [-0.15, -0.1) is 0 Å². The van der Waals surface area contributed by atoms with Gasteiger partial charge in [0.2, 0.25) is 11.8 Å². The van der Waals surface area contributed by atoms with Crippen LogP contribution in [-0.2, 0) is 20.9 Å². The third kappa shape index (κ3) is 4.46. The van der Waals surface area contributed by atoms with Gasteiger partial charge in [0.15, 0.2) is 0 Å². The third-order valence-corrected chi connectivity index (χ3v) is 7.57. The first-order chi connectivity index (χ1) is 15.2. The van der Waals surface area contributed by atoms with Crippen molar-refractivity contribution in [2.24, 2.45) is 11.8 Å². The van der Waals surface area contributed by atoms with E-state index in [2.05, 4.69) is 14.9 Å². The molecule has 0 aliphatic carbocycles. The van der Waals surface area contributed by atoms with E-state index < -0.39 is 0 Å². The highest BCUT2D eigenvalue weighted by Crippen LogP contribution is 2.42. The lowest BCUT2D eigenvalue weighted by Gasteiger charge is -2.26. The van der Waals surface area contributed by atoms with Gasteiger partial charge in [0.25, 0.3) is 0 Å². The van der Waals surface area contributed by atoms with E-state index in [1.807, 2.05) is 22.2 Å². The van der Waals surface area contributed by atoms with Crippen molar-refractivity contribution >= 4 is 11.8 Å². The predicted octanol–water partition coefficient (Wildman–Crippen LogP) is 1.32. The van der Waals surface area contributed by atoms with Crippen LogP contribution in [0.4, 0.5) is 0 Å². The molecule has 0 bridgehead atoms. The molecule has 8 nitrogen and oxygen atoms in total. The summed E-state index contributed by atoms with van der Waals surface area (Å²) in [7, 11) is 0. The molecule has 4 aliphatic heterocycles. The normalized spacial score (nSPS) is 30.8. The molecule has 4 fully saturated rings. The highest BCUT2D eigenvalue weighted by atomic mass is 16.5. The van der Waals surface area contributed by atoms with E-state index in [0.29, 0.717) is 19.4 Å². The van der Waals surface area contributed by atoms with Crippen LogP contribution in [0.5, 0.6) is 0 Å². The van der Waals surface area contributed by atoms with Crippen LogP contribution in [0.2, 0.25) is 0 Å². The summed E-state index contributed by atoms with van der Waals surface area (Å²) in [5, 5.41) is 0. The molecule has 0 aromatic carbocycles. The van der Waals surface area contributed by atoms with Crippen LogP contribution in [0.25, 0.3) is 0 Å². The molecule has 0 spiro atoms. The van der Waals surface area contributed by atoms with Crippen LogP contribution >= 0.6 is 0 Å². The first kappa shape index (κ1) is 20.8. The molecule has 0 saturated carbocycles. The quantitative estimate of drug-likeness (QED) is 0.681. The van der Waals surface area contributed by atoms with Gasteiger partial charge in [0.05, 0.1) is 19.1 Å². The van der Waals surface area contributed by atoms with Gasteiger partial charge in [0.1, 0.15) is 6.33 Å². The van der Waals surface area contributed by atoms with Crippen molar-refractivity contribution < 1.29 is 14.3 Å². The summed E-state index contributed by atoms with van der Waals surface area (Å²) < 4.78 is 6.21. The monoisotopic (exact) mass is 427 g/mol. The summed E-state index contributed by atoms with van der Waals surface area (Å²) in [4.78, 5) is 40.5. The molecule has 4 atom stereocenters. The SMILES string of the molecule is O=C(C[C@@H]1CN(Cc2cncnc2)[C@@H]2CO[C@@H](CC(=O)N3CCCC3)[C@H]12)N1CCCC1. The number of nitrogens with zero attached hydrogens (tertiary/aromatic N) is 5. The molecule has 1 aromatic rings. The van der Waals surface area contributed by atoms with E-state index in [1.165, 1.54) is 0 Å². The van der Waals surface area contributed by atoms with Crippen molar-refractivity contribution in [3.05, 3.63) is 24.3 Å². The number of amides is 2. The zero-order chi connectivity index (χ0) is 21.2. The minimum atomic E-state index is -0.0912. The van der Waals surface area contributed by atoms with Gasteiger partial charge in [0, 0.05) is 75.6 Å². The minimum Gasteiger partial charge on any atom is -0.376 e. The third-order valence-electron chi connectivity index (χ3n) is 7.57. The Bertz CT molecular complexity index is 779. The van der Waals surface area contributed by atoms with Crippen LogP contribution in [0.15, 0.2) is 18.7 Å². The molecular formula is C23H33N5O3. The molecule has 31 heavy (non-hydrogen) atoms. The smallest absolute Gasteiger partial charge is 0.225 e. The minimum absolute atomic E-state index is 0.0912. The molecule has 5 rings (SSSR count). The summed E-state index contributed by atoms with van der Waals surface area (Å²) in [5.41, 5.74) is 1.07. The summed E-state index contributed by atoms with van der Waals surface area (Å²) in [6.07, 6.45) is 10.6. The Balaban J connectivity index is 1.30. The second kappa shape index (κ2) is 9.20. The zero-order valence-electron chi connectivity index (χ0n) is 18.2. The molecule has 0 radical (unpaired) electrons. The Morgan fingerprint density at radius 1 is 0.935 bits per heavy atom. The van der Waals surface area contributed by atoms with Gasteiger partial charge in [-0.05, 0) is 31.6 Å². The van der Waals surface area contributed by atoms with E-state index in [0.717, 1.165) is 70.5 Å². The van der Waals surface area contributed by atoms with Crippen molar-refractivity contribution in [1.82, 2.24) is 24.7 Å². The van der Waals surface area contributed by atoms with Crippen molar-refractivity contribution in [2.45, 2.75) is 57.2 Å². The Hall–Kier alpha value is -2.06. The highest BCUT2D eigenvalue weighted by Gasteiger charge is 2.51. The summed E-state index contributed by atoms with van der Waals surface area (Å²) in [5.74, 6) is 0.926. The van der Waals surface area contributed by atoms with Gasteiger partial charge >= 0.3 is 0 Å². The lowest BCUT2D eigenvalue weighted by molar-refractivity contribution is -0.133. The van der Waals surface area contributed by atoms with Crippen LogP contribution in [0.3, 0.4) is 0 Å². The number of carbonyl (C=O) groups excluding carboxylic acids is 2. The Morgan fingerprint density at radius 3 is 2.19 bits per heavy atom. The molecule has 1 aromatic heterocycles. The summed E-state index contributed by atoms with van der Waals surface area (Å²) >= 11 is 0. The van der Waals surface area contributed by atoms with Crippen molar-refractivity contribution in [2.75, 3.05) is 39.3 Å². The second-order valence-electron chi connectivity index (χ2n) is 9.54. The molecule has 0 N–H and O–H groups in total. The lowest BCUT2D eigenvalue weighted by atomic mass is 9.84. The number of hydrogen-bond acceptors (Lipinski definition) is 6. The van der Waals surface area contributed by atoms with Gasteiger partial charge < -0.3 is 14.5 Å². The second-order valence-corrected chi connectivity index (χ2v) is 9.54. The van der Waals surface area contributed by atoms with Gasteiger partial charge in [-0.2, -0.15) is 0 Å². The topological polar surface area (TPSA) is 78.9 Å². The van der Waals surface area contributed by atoms with Crippen molar-refractivity contribution in [3.63, 3.8) is 0 Å². The fourth-order valence-corrected chi connectivity index (χ4v) is 6.03. The first-order valence-corrected chi connectivity index (χ1v) is 11.8. The standard InChI is InChI=1S/C23H33N5O3/c29-21(26-5-1-2-6-26)9-18-14-28(13-17-11-24-16-25-12-17)19-15-31-20(23(18)19)10-22(30)27-7-3-4-8-27/h11-12,16,18-20,23H,1-10,13-15H2/t18-,19-,20+,23-/m1/s1. The fourth-order valence-electron chi connectivity index (χ4n) is 6.03. The Morgan fingerprint density at radius 2 is 1.55 bits per heavy atom. The molecule has 4 aliphatic rings.